The van der Waals surface area contributed by atoms with E-state index >= 15 is 0 Å². The van der Waals surface area contributed by atoms with Gasteiger partial charge in [0.2, 0.25) is 0 Å². The molecule has 0 radical (unpaired) electrons. The Morgan fingerprint density at radius 2 is 2.33 bits per heavy atom. The Labute approximate surface area is 56.3 Å². The summed E-state index contributed by atoms with van der Waals surface area (Å²) < 4.78 is 0. The molecule has 2 atom stereocenters. The van der Waals surface area contributed by atoms with Gasteiger partial charge in [0.05, 0.1) is 0 Å². The molecular weight excluding hydrogens is 108 g/mol. The van der Waals surface area contributed by atoms with Gasteiger partial charge in [-0.1, -0.05) is 23.8 Å². The molecule has 0 fully saturated rings. The van der Waals surface area contributed by atoms with E-state index in [-0.39, 0.29) is 0 Å². The van der Waals surface area contributed by atoms with Gasteiger partial charge in [0.25, 0.3) is 0 Å². The number of fused-ring (bicyclic) bond motifs is 2. The van der Waals surface area contributed by atoms with Gasteiger partial charge < -0.3 is 0 Å². The van der Waals surface area contributed by atoms with Crippen molar-refractivity contribution in [2.45, 2.75) is 19.8 Å². The Balaban J connectivity index is 2.30. The van der Waals surface area contributed by atoms with Crippen LogP contribution in [-0.2, 0) is 0 Å². The minimum atomic E-state index is 0.809. The van der Waals surface area contributed by atoms with Crippen LogP contribution >= 0.6 is 0 Å². The third-order valence-corrected chi connectivity index (χ3v) is 2.50. The minimum absolute atomic E-state index is 0.809. The van der Waals surface area contributed by atoms with Gasteiger partial charge in [-0.15, -0.1) is 0 Å². The Hall–Kier alpha value is -0.520. The highest BCUT2D eigenvalue weighted by Crippen LogP contribution is 2.35. The molecule has 9 heavy (non-hydrogen) atoms. The molecule has 0 N–H and O–H groups in total. The fourth-order valence-corrected chi connectivity index (χ4v) is 1.78. The Bertz CT molecular complexity index is 174. The van der Waals surface area contributed by atoms with E-state index in [1.54, 1.807) is 5.57 Å². The SMILES string of the molecule is CC1=CC[C@@H]2C=C[C@@H]1C2. The van der Waals surface area contributed by atoms with E-state index < -0.39 is 0 Å². The van der Waals surface area contributed by atoms with Gasteiger partial charge in [-0.2, -0.15) is 0 Å². The summed E-state index contributed by atoms with van der Waals surface area (Å²) in [5, 5.41) is 0. The molecule has 0 heteroatoms. The fraction of sp³-hybridized carbons (Fsp3) is 0.556. The zero-order valence-electron chi connectivity index (χ0n) is 5.80. The number of hydrogen-bond donors (Lipinski definition) is 0. The maximum Gasteiger partial charge on any atom is -0.00202 e. The van der Waals surface area contributed by atoms with Crippen molar-refractivity contribution < 1.29 is 0 Å². The molecule has 0 saturated heterocycles. The summed E-state index contributed by atoms with van der Waals surface area (Å²) >= 11 is 0. The minimum Gasteiger partial charge on any atom is -0.0845 e. The van der Waals surface area contributed by atoms with Gasteiger partial charge in [0.1, 0.15) is 0 Å². The molecule has 0 amide bonds. The molecule has 0 unspecified atom stereocenters. The van der Waals surface area contributed by atoms with Crippen LogP contribution in [0.5, 0.6) is 0 Å². The highest BCUT2D eigenvalue weighted by molar-refractivity contribution is 5.22. The van der Waals surface area contributed by atoms with E-state index in [2.05, 4.69) is 25.2 Å². The molecular formula is C9H12. The first-order valence-corrected chi connectivity index (χ1v) is 3.71. The van der Waals surface area contributed by atoms with Crippen molar-refractivity contribution in [3.63, 3.8) is 0 Å². The highest BCUT2D eigenvalue weighted by atomic mass is 14.3. The summed E-state index contributed by atoms with van der Waals surface area (Å²) in [7, 11) is 0. The van der Waals surface area contributed by atoms with Crippen molar-refractivity contribution in [3.8, 4) is 0 Å². The van der Waals surface area contributed by atoms with E-state index in [0.29, 0.717) is 0 Å². The molecule has 0 aromatic carbocycles. The van der Waals surface area contributed by atoms with Gasteiger partial charge in [-0.25, -0.2) is 0 Å². The number of hydrogen-bond acceptors (Lipinski definition) is 0. The molecule has 2 aliphatic carbocycles. The standard InChI is InChI=1S/C9H12/c1-7-2-3-8-4-5-9(7)6-8/h2,4-5,8-9H,3,6H2,1H3/t8-,9-/m1/s1. The van der Waals surface area contributed by atoms with Crippen LogP contribution in [0.25, 0.3) is 0 Å². The zero-order chi connectivity index (χ0) is 6.27. The average molecular weight is 120 g/mol. The topological polar surface area (TPSA) is 0 Å². The average Bonchev–Trinajstić information content (AvgIpc) is 2.25. The van der Waals surface area contributed by atoms with Crippen molar-refractivity contribution >= 4 is 0 Å². The second kappa shape index (κ2) is 1.73. The third-order valence-electron chi connectivity index (χ3n) is 2.50. The third kappa shape index (κ3) is 0.735. The predicted octanol–water partition coefficient (Wildman–Crippen LogP) is 2.53. The van der Waals surface area contributed by atoms with Crippen LogP contribution in [0.15, 0.2) is 23.8 Å². The second-order valence-corrected chi connectivity index (χ2v) is 3.17. The normalized spacial score (nSPS) is 39.0. The summed E-state index contributed by atoms with van der Waals surface area (Å²) in [6.07, 6.45) is 9.81. The molecule has 0 saturated carbocycles. The maximum atomic E-state index is 2.39. The van der Waals surface area contributed by atoms with Gasteiger partial charge in [0, 0.05) is 0 Å². The summed E-state index contributed by atoms with van der Waals surface area (Å²) in [5.41, 5.74) is 1.58. The van der Waals surface area contributed by atoms with Gasteiger partial charge >= 0.3 is 0 Å². The molecule has 0 aliphatic heterocycles. The van der Waals surface area contributed by atoms with Crippen molar-refractivity contribution in [2.75, 3.05) is 0 Å². The van der Waals surface area contributed by atoms with E-state index in [1.165, 1.54) is 12.8 Å². The summed E-state index contributed by atoms with van der Waals surface area (Å²) in [6, 6.07) is 0. The smallest absolute Gasteiger partial charge is 0.00202 e. The van der Waals surface area contributed by atoms with Crippen molar-refractivity contribution in [3.05, 3.63) is 23.8 Å². The second-order valence-electron chi connectivity index (χ2n) is 3.17. The quantitative estimate of drug-likeness (QED) is 0.431. The monoisotopic (exact) mass is 120 g/mol. The lowest BCUT2D eigenvalue weighted by molar-refractivity contribution is 0.539. The fourth-order valence-electron chi connectivity index (χ4n) is 1.78. The predicted molar refractivity (Wildman–Crippen MR) is 39.1 cm³/mol. The number of rotatable bonds is 0. The molecule has 0 nitrogen and oxygen atoms in total. The first kappa shape index (κ1) is 5.28. The van der Waals surface area contributed by atoms with Crippen molar-refractivity contribution in [1.29, 1.82) is 0 Å². The first-order valence-electron chi connectivity index (χ1n) is 3.71. The Kier molecular flexibility index (Phi) is 1.01. The van der Waals surface area contributed by atoms with Crippen LogP contribution in [0.2, 0.25) is 0 Å². The maximum absolute atomic E-state index is 2.39. The summed E-state index contributed by atoms with van der Waals surface area (Å²) in [4.78, 5) is 0. The molecule has 0 spiro atoms. The van der Waals surface area contributed by atoms with Crippen LogP contribution in [0.4, 0.5) is 0 Å². The summed E-state index contributed by atoms with van der Waals surface area (Å²) in [5.74, 6) is 1.70. The molecule has 2 rings (SSSR count). The summed E-state index contributed by atoms with van der Waals surface area (Å²) in [6.45, 7) is 2.25. The highest BCUT2D eigenvalue weighted by Gasteiger charge is 2.22. The molecule has 0 aromatic heterocycles. The Morgan fingerprint density at radius 3 is 3.11 bits per heavy atom. The van der Waals surface area contributed by atoms with Gasteiger partial charge in [-0.3, -0.25) is 0 Å². The van der Waals surface area contributed by atoms with Crippen molar-refractivity contribution in [1.82, 2.24) is 0 Å². The lowest BCUT2D eigenvalue weighted by Crippen LogP contribution is -2.04. The van der Waals surface area contributed by atoms with Gasteiger partial charge in [-0.05, 0) is 31.6 Å². The van der Waals surface area contributed by atoms with E-state index in [1.807, 2.05) is 0 Å². The van der Waals surface area contributed by atoms with Crippen LogP contribution in [0.3, 0.4) is 0 Å². The van der Waals surface area contributed by atoms with E-state index in [9.17, 15) is 0 Å². The lowest BCUT2D eigenvalue weighted by atomic mass is 9.88. The molecule has 2 aliphatic rings. The van der Waals surface area contributed by atoms with Crippen LogP contribution in [0, 0.1) is 11.8 Å². The van der Waals surface area contributed by atoms with Crippen LogP contribution < -0.4 is 0 Å². The first-order chi connectivity index (χ1) is 4.36. The van der Waals surface area contributed by atoms with E-state index in [4.69, 9.17) is 0 Å². The largest absolute Gasteiger partial charge is 0.0845 e. The zero-order valence-corrected chi connectivity index (χ0v) is 5.80. The molecule has 48 valence electrons. The molecule has 0 heterocycles. The van der Waals surface area contributed by atoms with Crippen LogP contribution in [0.1, 0.15) is 19.8 Å². The van der Waals surface area contributed by atoms with Gasteiger partial charge in [0.15, 0.2) is 0 Å². The van der Waals surface area contributed by atoms with E-state index in [0.717, 1.165) is 11.8 Å². The Morgan fingerprint density at radius 1 is 1.44 bits per heavy atom. The number of allylic oxidation sites excluding steroid dienone is 4. The molecule has 0 aromatic rings. The van der Waals surface area contributed by atoms with Crippen molar-refractivity contribution in [2.24, 2.45) is 11.8 Å². The molecule has 2 bridgehead atoms. The van der Waals surface area contributed by atoms with Crippen LogP contribution in [-0.4, -0.2) is 0 Å². The lowest BCUT2D eigenvalue weighted by Gasteiger charge is -2.16.